The topological polar surface area (TPSA) is 80.6 Å². The number of allylic oxidation sites excluding steroid dienone is 1. The molecule has 0 radical (unpaired) electrons. The molecule has 2 aromatic heterocycles. The molecule has 2 heterocycles. The molecule has 150 valence electrons. The fourth-order valence-electron chi connectivity index (χ4n) is 2.54. The SMILES string of the molecule is Cc1cc(O)c(C(=O)C=Cc2ccc(-c3cc(C(F)(F)F)ccc3Cl)o2)c(=O)o1. The van der Waals surface area contributed by atoms with E-state index in [0.29, 0.717) is 0 Å². The number of halogens is 4. The molecular formula is C20H12ClF3O5. The average molecular weight is 425 g/mol. The van der Waals surface area contributed by atoms with Crippen molar-refractivity contribution in [2.24, 2.45) is 0 Å². The zero-order chi connectivity index (χ0) is 21.3. The molecule has 0 spiro atoms. The van der Waals surface area contributed by atoms with Crippen molar-refractivity contribution in [1.29, 1.82) is 0 Å². The highest BCUT2D eigenvalue weighted by Gasteiger charge is 2.31. The summed E-state index contributed by atoms with van der Waals surface area (Å²) in [5, 5.41) is 9.83. The van der Waals surface area contributed by atoms with Crippen LogP contribution in [-0.2, 0) is 6.18 Å². The fraction of sp³-hybridized carbons (Fsp3) is 0.100. The highest BCUT2D eigenvalue weighted by Crippen LogP contribution is 2.36. The number of hydrogen-bond acceptors (Lipinski definition) is 5. The van der Waals surface area contributed by atoms with E-state index in [1.54, 1.807) is 0 Å². The summed E-state index contributed by atoms with van der Waals surface area (Å²) in [5.41, 5.74) is -2.39. The van der Waals surface area contributed by atoms with Crippen molar-refractivity contribution >= 4 is 23.5 Å². The first kappa shape index (κ1) is 20.5. The maximum atomic E-state index is 12.9. The molecule has 0 amide bonds. The van der Waals surface area contributed by atoms with Gasteiger partial charge in [0.15, 0.2) is 5.78 Å². The van der Waals surface area contributed by atoms with E-state index in [0.717, 1.165) is 30.3 Å². The van der Waals surface area contributed by atoms with Gasteiger partial charge in [-0.3, -0.25) is 4.79 Å². The van der Waals surface area contributed by atoms with Gasteiger partial charge in [0.05, 0.1) is 10.6 Å². The second-order valence-electron chi connectivity index (χ2n) is 6.00. The minimum atomic E-state index is -4.54. The lowest BCUT2D eigenvalue weighted by atomic mass is 10.1. The van der Waals surface area contributed by atoms with Crippen molar-refractivity contribution in [3.05, 3.63) is 80.6 Å². The molecule has 0 fully saturated rings. The quantitative estimate of drug-likeness (QED) is 0.443. The molecule has 3 rings (SSSR count). The zero-order valence-corrected chi connectivity index (χ0v) is 15.5. The first-order chi connectivity index (χ1) is 13.6. The third kappa shape index (κ3) is 4.43. The molecule has 0 unspecified atom stereocenters. The Bertz CT molecular complexity index is 1170. The first-order valence-corrected chi connectivity index (χ1v) is 8.47. The second-order valence-corrected chi connectivity index (χ2v) is 6.40. The Labute approximate surface area is 166 Å². The number of benzene rings is 1. The zero-order valence-electron chi connectivity index (χ0n) is 14.7. The molecule has 0 aliphatic heterocycles. The van der Waals surface area contributed by atoms with Crippen LogP contribution < -0.4 is 5.63 Å². The van der Waals surface area contributed by atoms with Crippen LogP contribution >= 0.6 is 11.6 Å². The predicted octanol–water partition coefficient (Wildman–Crippen LogP) is 5.48. The van der Waals surface area contributed by atoms with Crippen LogP contribution in [-0.4, -0.2) is 10.9 Å². The molecule has 1 aromatic carbocycles. The number of alkyl halides is 3. The maximum Gasteiger partial charge on any atom is 0.416 e. The Kier molecular flexibility index (Phi) is 5.39. The maximum absolute atomic E-state index is 12.9. The van der Waals surface area contributed by atoms with E-state index in [1.807, 2.05) is 0 Å². The predicted molar refractivity (Wildman–Crippen MR) is 98.9 cm³/mol. The third-order valence-electron chi connectivity index (χ3n) is 3.89. The van der Waals surface area contributed by atoms with Gasteiger partial charge in [-0.2, -0.15) is 13.2 Å². The molecule has 0 saturated carbocycles. The van der Waals surface area contributed by atoms with E-state index in [1.165, 1.54) is 25.1 Å². The molecule has 5 nitrogen and oxygen atoms in total. The molecule has 0 atom stereocenters. The summed E-state index contributed by atoms with van der Waals surface area (Å²) >= 11 is 5.97. The molecule has 0 aliphatic carbocycles. The summed E-state index contributed by atoms with van der Waals surface area (Å²) in [6.45, 7) is 1.44. The Balaban J connectivity index is 1.88. The highest BCUT2D eigenvalue weighted by atomic mass is 35.5. The summed E-state index contributed by atoms with van der Waals surface area (Å²) < 4.78 is 48.9. The number of rotatable bonds is 4. The Morgan fingerprint density at radius 1 is 1.14 bits per heavy atom. The van der Waals surface area contributed by atoms with Crippen LogP contribution in [0.5, 0.6) is 5.75 Å². The molecular weight excluding hydrogens is 413 g/mol. The number of furan rings is 1. The molecule has 29 heavy (non-hydrogen) atoms. The number of carbonyl (C=O) groups excluding carboxylic acids is 1. The van der Waals surface area contributed by atoms with E-state index >= 15 is 0 Å². The smallest absolute Gasteiger partial charge is 0.416 e. The second kappa shape index (κ2) is 7.63. The monoisotopic (exact) mass is 424 g/mol. The fourth-order valence-corrected chi connectivity index (χ4v) is 2.75. The summed E-state index contributed by atoms with van der Waals surface area (Å²) in [5.74, 6) is -1.03. The summed E-state index contributed by atoms with van der Waals surface area (Å²) in [6, 6.07) is 6.75. The lowest BCUT2D eigenvalue weighted by molar-refractivity contribution is -0.137. The van der Waals surface area contributed by atoms with Crippen LogP contribution in [0.1, 0.15) is 27.4 Å². The van der Waals surface area contributed by atoms with Gasteiger partial charge < -0.3 is 13.9 Å². The van der Waals surface area contributed by atoms with Crippen LogP contribution in [0.2, 0.25) is 5.02 Å². The Morgan fingerprint density at radius 2 is 1.86 bits per heavy atom. The Morgan fingerprint density at radius 3 is 2.52 bits per heavy atom. The molecule has 3 aromatic rings. The molecule has 0 aliphatic rings. The normalized spacial score (nSPS) is 11.9. The summed E-state index contributed by atoms with van der Waals surface area (Å²) in [7, 11) is 0. The summed E-state index contributed by atoms with van der Waals surface area (Å²) in [4.78, 5) is 23.9. The first-order valence-electron chi connectivity index (χ1n) is 8.09. The number of ketones is 1. The van der Waals surface area contributed by atoms with Gasteiger partial charge in [0.1, 0.15) is 28.6 Å². The molecule has 0 bridgehead atoms. The van der Waals surface area contributed by atoms with Crippen molar-refractivity contribution < 1.29 is 31.9 Å². The van der Waals surface area contributed by atoms with Gasteiger partial charge in [0, 0.05) is 11.6 Å². The number of aromatic hydroxyl groups is 1. The van der Waals surface area contributed by atoms with Gasteiger partial charge >= 0.3 is 11.8 Å². The van der Waals surface area contributed by atoms with Crippen molar-refractivity contribution in [1.82, 2.24) is 0 Å². The molecule has 1 N–H and O–H groups in total. The minimum absolute atomic E-state index is 0.0318. The van der Waals surface area contributed by atoms with E-state index in [2.05, 4.69) is 0 Å². The van der Waals surface area contributed by atoms with E-state index < -0.39 is 34.5 Å². The van der Waals surface area contributed by atoms with Gasteiger partial charge in [-0.05, 0) is 49.4 Å². The van der Waals surface area contributed by atoms with E-state index in [-0.39, 0.29) is 27.9 Å². The van der Waals surface area contributed by atoms with Gasteiger partial charge in [0.2, 0.25) is 0 Å². The lowest BCUT2D eigenvalue weighted by Crippen LogP contribution is -2.12. The number of aryl methyl sites for hydroxylation is 1. The Hall–Kier alpha value is -3.26. The van der Waals surface area contributed by atoms with Gasteiger partial charge in [-0.25, -0.2) is 4.79 Å². The third-order valence-corrected chi connectivity index (χ3v) is 4.21. The van der Waals surface area contributed by atoms with Crippen LogP contribution in [0.4, 0.5) is 13.2 Å². The van der Waals surface area contributed by atoms with Crippen LogP contribution in [0, 0.1) is 6.92 Å². The van der Waals surface area contributed by atoms with Crippen LogP contribution in [0.15, 0.2) is 56.1 Å². The van der Waals surface area contributed by atoms with Crippen molar-refractivity contribution in [2.45, 2.75) is 13.1 Å². The van der Waals surface area contributed by atoms with Crippen molar-refractivity contribution in [3.63, 3.8) is 0 Å². The van der Waals surface area contributed by atoms with Crippen LogP contribution in [0.25, 0.3) is 17.4 Å². The lowest BCUT2D eigenvalue weighted by Gasteiger charge is -2.09. The van der Waals surface area contributed by atoms with Gasteiger partial charge in [-0.1, -0.05) is 11.6 Å². The van der Waals surface area contributed by atoms with Crippen LogP contribution in [0.3, 0.4) is 0 Å². The minimum Gasteiger partial charge on any atom is -0.507 e. The van der Waals surface area contributed by atoms with E-state index in [9.17, 15) is 27.9 Å². The van der Waals surface area contributed by atoms with E-state index in [4.69, 9.17) is 20.4 Å². The van der Waals surface area contributed by atoms with Crippen molar-refractivity contribution in [3.8, 4) is 17.1 Å². The molecule has 9 heteroatoms. The largest absolute Gasteiger partial charge is 0.507 e. The van der Waals surface area contributed by atoms with Crippen molar-refractivity contribution in [2.75, 3.05) is 0 Å². The number of carbonyl (C=O) groups is 1. The standard InChI is InChI=1S/C20H12ClF3O5/c1-10-8-16(26)18(19(27)28-10)15(25)6-3-12-4-7-17(29-12)13-9-11(20(22,23)24)2-5-14(13)21/h2-9,26H,1H3. The average Bonchev–Trinajstić information content (AvgIpc) is 3.07. The molecule has 0 saturated heterocycles. The highest BCUT2D eigenvalue weighted by molar-refractivity contribution is 6.33. The van der Waals surface area contributed by atoms with Gasteiger partial charge in [0.25, 0.3) is 0 Å². The summed E-state index contributed by atoms with van der Waals surface area (Å²) in [6.07, 6.45) is -2.37. The van der Waals surface area contributed by atoms with Gasteiger partial charge in [-0.15, -0.1) is 0 Å². The number of hydrogen-bond donors (Lipinski definition) is 1.